The van der Waals surface area contributed by atoms with Crippen LogP contribution in [0.15, 0.2) is 0 Å². The molecule has 0 saturated heterocycles. The number of hydrogen-bond donors (Lipinski definition) is 2. The number of unbranched alkanes of at least 4 members (excludes halogenated alkanes) is 15. The van der Waals surface area contributed by atoms with Gasteiger partial charge in [0.1, 0.15) is 6.61 Å². The van der Waals surface area contributed by atoms with Crippen molar-refractivity contribution >= 4 is 19.8 Å². The first-order chi connectivity index (χ1) is 20.0. The van der Waals surface area contributed by atoms with Crippen LogP contribution in [0.5, 0.6) is 0 Å². The van der Waals surface area contributed by atoms with Crippen molar-refractivity contribution in [2.45, 2.75) is 175 Å². The van der Waals surface area contributed by atoms with E-state index in [9.17, 15) is 14.2 Å². The second kappa shape index (κ2) is 27.6. The fourth-order valence-electron chi connectivity index (χ4n) is 4.89. The van der Waals surface area contributed by atoms with Gasteiger partial charge in [0.05, 0.1) is 6.61 Å². The summed E-state index contributed by atoms with van der Waals surface area (Å²) in [6.45, 7) is 8.27. The molecule has 0 spiro atoms. The molecule has 0 aliphatic rings. The molecule has 8 nitrogen and oxygen atoms in total. The Morgan fingerprint density at radius 3 is 1.50 bits per heavy atom. The van der Waals surface area contributed by atoms with Crippen molar-refractivity contribution in [2.24, 2.45) is 11.8 Å². The Bertz CT molecular complexity index is 694. The molecule has 0 aliphatic heterocycles. The summed E-state index contributed by atoms with van der Waals surface area (Å²) in [6.07, 6.45) is 22.7. The zero-order valence-electron chi connectivity index (χ0n) is 27.5. The van der Waals surface area contributed by atoms with Gasteiger partial charge in [0.15, 0.2) is 6.10 Å². The van der Waals surface area contributed by atoms with Gasteiger partial charge in [0, 0.05) is 12.8 Å². The van der Waals surface area contributed by atoms with Crippen molar-refractivity contribution in [1.82, 2.24) is 0 Å². The summed E-state index contributed by atoms with van der Waals surface area (Å²) in [5, 5.41) is 0. The van der Waals surface area contributed by atoms with Crippen molar-refractivity contribution in [2.75, 3.05) is 13.2 Å². The van der Waals surface area contributed by atoms with Gasteiger partial charge in [-0.1, -0.05) is 143 Å². The number of rotatable bonds is 30. The zero-order valence-corrected chi connectivity index (χ0v) is 28.4. The fraction of sp³-hybridized carbons (Fsp3) is 0.939. The molecule has 0 bridgehead atoms. The van der Waals surface area contributed by atoms with E-state index in [1.807, 2.05) is 0 Å². The molecular weight excluding hydrogens is 555 g/mol. The molecular formula is C33H65O8P. The second-order valence-corrected chi connectivity index (χ2v) is 13.8. The molecule has 0 amide bonds. The third-order valence-corrected chi connectivity index (χ3v) is 8.33. The maximum absolute atomic E-state index is 12.3. The van der Waals surface area contributed by atoms with E-state index < -0.39 is 32.5 Å². The smallest absolute Gasteiger partial charge is 0.462 e. The first-order valence-electron chi connectivity index (χ1n) is 17.1. The van der Waals surface area contributed by atoms with Gasteiger partial charge in [-0.3, -0.25) is 14.1 Å². The van der Waals surface area contributed by atoms with Crippen molar-refractivity contribution in [1.29, 1.82) is 0 Å². The third-order valence-electron chi connectivity index (χ3n) is 7.84. The SMILES string of the molecule is CCC(C)CCCCCCCCC(=O)OC[C@H](COP(=O)(O)O)OC(=O)CCCCCCCCCCCCCC(C)C. The van der Waals surface area contributed by atoms with E-state index in [0.29, 0.717) is 6.42 Å². The standard InChI is InChI=1S/C33H65O8P/c1-5-30(4)24-20-16-13-14-17-21-25-32(34)39-27-31(28-40-42(36,37)38)41-33(35)26-22-18-12-10-8-6-7-9-11-15-19-23-29(2)3/h29-31H,5-28H2,1-4H3,(H2,36,37,38)/t30?,31-/m1/s1. The van der Waals surface area contributed by atoms with Crippen LogP contribution in [0.2, 0.25) is 0 Å². The van der Waals surface area contributed by atoms with Crippen molar-refractivity contribution in [3.05, 3.63) is 0 Å². The number of phosphoric ester groups is 1. The van der Waals surface area contributed by atoms with Crippen molar-refractivity contribution in [3.8, 4) is 0 Å². The molecule has 0 aliphatic carbocycles. The van der Waals surface area contributed by atoms with Crippen LogP contribution < -0.4 is 0 Å². The molecule has 250 valence electrons. The minimum absolute atomic E-state index is 0.216. The summed E-state index contributed by atoms with van der Waals surface area (Å²) < 4.78 is 26.2. The minimum atomic E-state index is -4.74. The quantitative estimate of drug-likeness (QED) is 0.0463. The van der Waals surface area contributed by atoms with Gasteiger partial charge in [-0.2, -0.15) is 0 Å². The Morgan fingerprint density at radius 2 is 1.05 bits per heavy atom. The number of phosphoric acid groups is 1. The highest BCUT2D eigenvalue weighted by atomic mass is 31.2. The molecule has 1 unspecified atom stereocenters. The average molecular weight is 621 g/mol. The lowest BCUT2D eigenvalue weighted by atomic mass is 10.00. The first-order valence-corrected chi connectivity index (χ1v) is 18.6. The van der Waals surface area contributed by atoms with Crippen LogP contribution in [-0.2, 0) is 28.2 Å². The summed E-state index contributed by atoms with van der Waals surface area (Å²) in [6, 6.07) is 0. The van der Waals surface area contributed by atoms with Gasteiger partial charge in [-0.25, -0.2) is 4.57 Å². The molecule has 0 aromatic heterocycles. The number of carbonyl (C=O) groups is 2. The largest absolute Gasteiger partial charge is 0.469 e. The van der Waals surface area contributed by atoms with Crippen LogP contribution in [0.3, 0.4) is 0 Å². The van der Waals surface area contributed by atoms with Crippen LogP contribution in [0.25, 0.3) is 0 Å². The first kappa shape index (κ1) is 41.0. The molecule has 0 saturated carbocycles. The summed E-state index contributed by atoms with van der Waals surface area (Å²) >= 11 is 0. The second-order valence-electron chi connectivity index (χ2n) is 12.6. The molecule has 9 heteroatoms. The molecule has 2 N–H and O–H groups in total. The van der Waals surface area contributed by atoms with Crippen molar-refractivity contribution < 1.29 is 37.9 Å². The normalized spacial score (nSPS) is 13.3. The maximum Gasteiger partial charge on any atom is 0.469 e. The van der Waals surface area contributed by atoms with E-state index in [-0.39, 0.29) is 19.4 Å². The van der Waals surface area contributed by atoms with E-state index in [0.717, 1.165) is 50.4 Å². The lowest BCUT2D eigenvalue weighted by Crippen LogP contribution is -2.29. The molecule has 0 heterocycles. The van der Waals surface area contributed by atoms with Gasteiger partial charge in [0.2, 0.25) is 0 Å². The van der Waals surface area contributed by atoms with E-state index in [1.165, 1.54) is 83.5 Å². The third kappa shape index (κ3) is 30.5. The average Bonchev–Trinajstić information content (AvgIpc) is 2.93. The molecule has 42 heavy (non-hydrogen) atoms. The van der Waals surface area contributed by atoms with E-state index in [4.69, 9.17) is 19.3 Å². The van der Waals surface area contributed by atoms with Gasteiger partial charge >= 0.3 is 19.8 Å². The van der Waals surface area contributed by atoms with E-state index in [2.05, 4.69) is 32.2 Å². The Kier molecular flexibility index (Phi) is 27.0. The fourth-order valence-corrected chi connectivity index (χ4v) is 5.25. The minimum Gasteiger partial charge on any atom is -0.462 e. The van der Waals surface area contributed by atoms with Crippen LogP contribution in [-0.4, -0.2) is 41.0 Å². The predicted octanol–water partition coefficient (Wildman–Crippen LogP) is 9.44. The molecule has 0 aromatic rings. The lowest BCUT2D eigenvalue weighted by molar-refractivity contribution is -0.161. The summed E-state index contributed by atoms with van der Waals surface area (Å²) in [7, 11) is -4.74. The van der Waals surface area contributed by atoms with Gasteiger partial charge < -0.3 is 19.3 Å². The van der Waals surface area contributed by atoms with Crippen LogP contribution in [0.4, 0.5) is 0 Å². The number of esters is 2. The van der Waals surface area contributed by atoms with Crippen LogP contribution in [0.1, 0.15) is 169 Å². The Morgan fingerprint density at radius 1 is 0.619 bits per heavy atom. The highest BCUT2D eigenvalue weighted by Crippen LogP contribution is 2.36. The summed E-state index contributed by atoms with van der Waals surface area (Å²) in [5.74, 6) is 0.716. The maximum atomic E-state index is 12.3. The van der Waals surface area contributed by atoms with E-state index >= 15 is 0 Å². The molecule has 0 radical (unpaired) electrons. The Hall–Kier alpha value is -0.950. The summed E-state index contributed by atoms with van der Waals surface area (Å²) in [5.41, 5.74) is 0. The van der Waals surface area contributed by atoms with Crippen molar-refractivity contribution in [3.63, 3.8) is 0 Å². The van der Waals surface area contributed by atoms with Gasteiger partial charge in [0.25, 0.3) is 0 Å². The number of carbonyl (C=O) groups excluding carboxylic acids is 2. The lowest BCUT2D eigenvalue weighted by Gasteiger charge is -2.18. The number of ether oxygens (including phenoxy) is 2. The summed E-state index contributed by atoms with van der Waals surface area (Å²) in [4.78, 5) is 42.5. The predicted molar refractivity (Wildman–Crippen MR) is 170 cm³/mol. The topological polar surface area (TPSA) is 119 Å². The van der Waals surface area contributed by atoms with Crippen LogP contribution >= 0.6 is 7.82 Å². The number of hydrogen-bond acceptors (Lipinski definition) is 6. The Balaban J connectivity index is 4.00. The molecule has 2 atom stereocenters. The van der Waals surface area contributed by atoms with Crippen LogP contribution in [0, 0.1) is 11.8 Å². The molecule has 0 rings (SSSR count). The van der Waals surface area contributed by atoms with Gasteiger partial charge in [-0.15, -0.1) is 0 Å². The molecule has 0 aromatic carbocycles. The molecule has 0 fully saturated rings. The Labute approximate surface area is 257 Å². The van der Waals surface area contributed by atoms with E-state index in [1.54, 1.807) is 0 Å². The highest BCUT2D eigenvalue weighted by Gasteiger charge is 2.22. The highest BCUT2D eigenvalue weighted by molar-refractivity contribution is 7.46. The monoisotopic (exact) mass is 620 g/mol. The van der Waals surface area contributed by atoms with Gasteiger partial charge in [-0.05, 0) is 24.7 Å². The zero-order chi connectivity index (χ0) is 31.5.